The van der Waals surface area contributed by atoms with Crippen LogP contribution in [0.15, 0.2) is 84.9 Å². The van der Waals surface area contributed by atoms with Crippen LogP contribution in [0.2, 0.25) is 15.1 Å². The van der Waals surface area contributed by atoms with Crippen molar-refractivity contribution < 1.29 is 4.74 Å². The molecular weight excluding hydrogens is 443 g/mol. The summed E-state index contributed by atoms with van der Waals surface area (Å²) in [7, 11) is 1.72. The molecule has 1 nitrogen and oxygen atoms in total. The molecule has 0 radical (unpaired) electrons. The third kappa shape index (κ3) is 4.42. The van der Waals surface area contributed by atoms with Crippen LogP contribution in [-0.4, -0.2) is 7.11 Å². The minimum Gasteiger partial charge on any atom is -0.359 e. The minimum absolute atomic E-state index is 0.691. The molecule has 29 heavy (non-hydrogen) atoms. The van der Waals surface area contributed by atoms with Crippen LogP contribution in [0.25, 0.3) is 10.5 Å². The molecule has 1 aliphatic heterocycles. The van der Waals surface area contributed by atoms with E-state index in [1.807, 2.05) is 72.8 Å². The highest BCUT2D eigenvalue weighted by molar-refractivity contribution is 8.09. The number of thioether (sulfide) groups is 1. The Kier molecular flexibility index (Phi) is 6.10. The van der Waals surface area contributed by atoms with Crippen molar-refractivity contribution in [3.05, 3.63) is 117 Å². The van der Waals surface area contributed by atoms with E-state index in [-0.39, 0.29) is 0 Å². The maximum atomic E-state index is 6.12. The van der Waals surface area contributed by atoms with Crippen molar-refractivity contribution in [2.24, 2.45) is 0 Å². The second-order valence-electron chi connectivity index (χ2n) is 6.60. The molecule has 1 heterocycles. The lowest BCUT2D eigenvalue weighted by Crippen LogP contribution is -2.24. The summed E-state index contributed by atoms with van der Waals surface area (Å²) in [5, 5.41) is 2.10. The van der Waals surface area contributed by atoms with Crippen LogP contribution in [-0.2, 0) is 9.67 Å². The van der Waals surface area contributed by atoms with Gasteiger partial charge in [-0.15, -0.1) is 0 Å². The van der Waals surface area contributed by atoms with Crippen molar-refractivity contribution in [1.82, 2.24) is 0 Å². The Morgan fingerprint density at radius 3 is 1.69 bits per heavy atom. The van der Waals surface area contributed by atoms with Crippen LogP contribution in [0.4, 0.5) is 0 Å². The second kappa shape index (κ2) is 8.59. The second-order valence-corrected chi connectivity index (χ2v) is 9.16. The van der Waals surface area contributed by atoms with E-state index in [4.69, 9.17) is 39.5 Å². The summed E-state index contributed by atoms with van der Waals surface area (Å²) >= 11 is 20.0. The van der Waals surface area contributed by atoms with Gasteiger partial charge in [0.05, 0.1) is 0 Å². The molecule has 0 N–H and O–H groups in total. The quantitative estimate of drug-likeness (QED) is 0.388. The first-order valence-electron chi connectivity index (χ1n) is 8.96. The lowest BCUT2D eigenvalue weighted by Gasteiger charge is -2.34. The number of methoxy groups -OCH3 is 1. The van der Waals surface area contributed by atoms with Gasteiger partial charge in [0.25, 0.3) is 0 Å². The Morgan fingerprint density at radius 2 is 1.17 bits per heavy atom. The molecule has 0 saturated carbocycles. The summed E-state index contributed by atoms with van der Waals surface area (Å²) in [5.41, 5.74) is 4.22. The Hall–Kier alpha value is -1.68. The lowest BCUT2D eigenvalue weighted by atomic mass is 9.98. The molecule has 1 aliphatic rings. The molecule has 0 fully saturated rings. The largest absolute Gasteiger partial charge is 0.359 e. The highest BCUT2D eigenvalue weighted by Crippen LogP contribution is 2.52. The summed E-state index contributed by atoms with van der Waals surface area (Å²) in [6.07, 6.45) is 4.31. The lowest BCUT2D eigenvalue weighted by molar-refractivity contribution is 0.112. The van der Waals surface area contributed by atoms with Crippen LogP contribution in [0.3, 0.4) is 0 Å². The molecule has 0 aliphatic carbocycles. The normalized spacial score (nSPS) is 18.9. The maximum Gasteiger partial charge on any atom is 0.162 e. The monoisotopic (exact) mass is 458 g/mol. The first-order chi connectivity index (χ1) is 14.0. The smallest absolute Gasteiger partial charge is 0.162 e. The molecule has 0 saturated heterocycles. The van der Waals surface area contributed by atoms with Crippen molar-refractivity contribution in [2.75, 3.05) is 7.11 Å². The van der Waals surface area contributed by atoms with Gasteiger partial charge >= 0.3 is 0 Å². The number of rotatable bonds is 4. The minimum atomic E-state index is -0.691. The SMILES string of the molecule is COC1(c2ccc(Cl)cc2)C=C(c2ccc(Cl)cc2)C=C(c2ccc(Cl)cc2)S1. The van der Waals surface area contributed by atoms with Gasteiger partial charge in [-0.3, -0.25) is 0 Å². The first-order valence-corrected chi connectivity index (χ1v) is 10.9. The first kappa shape index (κ1) is 20.6. The fourth-order valence-corrected chi connectivity index (χ4v) is 4.89. The molecule has 5 heteroatoms. The van der Waals surface area contributed by atoms with Gasteiger partial charge in [0.1, 0.15) is 0 Å². The summed E-state index contributed by atoms with van der Waals surface area (Å²) in [4.78, 5) is 0.398. The van der Waals surface area contributed by atoms with Crippen molar-refractivity contribution in [3.8, 4) is 0 Å². The molecule has 3 aromatic carbocycles. The number of halogens is 3. The highest BCUT2D eigenvalue weighted by atomic mass is 35.5. The van der Waals surface area contributed by atoms with Gasteiger partial charge in [-0.25, -0.2) is 0 Å². The van der Waals surface area contributed by atoms with Gasteiger partial charge in [-0.1, -0.05) is 83.0 Å². The molecule has 0 aromatic heterocycles. The van der Waals surface area contributed by atoms with Gasteiger partial charge in [0.2, 0.25) is 0 Å². The molecule has 4 rings (SSSR count). The molecule has 1 unspecified atom stereocenters. The van der Waals surface area contributed by atoms with Crippen LogP contribution in [0, 0.1) is 0 Å². The molecule has 0 bridgehead atoms. The molecule has 0 amide bonds. The van der Waals surface area contributed by atoms with E-state index in [9.17, 15) is 0 Å². The standard InChI is InChI=1S/C24H17Cl3OS/c1-28-24(19-6-12-22(27)13-7-19)15-18(16-2-8-20(25)9-3-16)14-23(29-24)17-4-10-21(26)11-5-17/h2-15H,1H3. The average Bonchev–Trinajstić information content (AvgIpc) is 2.75. The number of ether oxygens (including phenoxy) is 1. The van der Waals surface area contributed by atoms with Gasteiger partial charge in [0.15, 0.2) is 4.93 Å². The zero-order valence-corrected chi connectivity index (χ0v) is 18.6. The van der Waals surface area contributed by atoms with E-state index < -0.39 is 4.93 Å². The van der Waals surface area contributed by atoms with E-state index in [0.29, 0.717) is 15.1 Å². The molecule has 3 aromatic rings. The highest BCUT2D eigenvalue weighted by Gasteiger charge is 2.35. The van der Waals surface area contributed by atoms with E-state index in [1.54, 1.807) is 18.9 Å². The van der Waals surface area contributed by atoms with E-state index >= 15 is 0 Å². The fourth-order valence-electron chi connectivity index (χ4n) is 3.22. The fraction of sp³-hybridized carbons (Fsp3) is 0.0833. The van der Waals surface area contributed by atoms with E-state index in [0.717, 1.165) is 27.2 Å². The number of allylic oxidation sites excluding steroid dienone is 2. The van der Waals surface area contributed by atoms with E-state index in [1.165, 1.54) is 0 Å². The Balaban J connectivity index is 1.87. The van der Waals surface area contributed by atoms with Gasteiger partial charge in [0, 0.05) is 27.1 Å². The van der Waals surface area contributed by atoms with Crippen molar-refractivity contribution in [1.29, 1.82) is 0 Å². The van der Waals surface area contributed by atoms with Crippen LogP contribution < -0.4 is 0 Å². The summed E-state index contributed by atoms with van der Waals surface area (Å²) in [6, 6.07) is 23.4. The summed E-state index contributed by atoms with van der Waals surface area (Å²) in [5.74, 6) is 0. The Morgan fingerprint density at radius 1 is 0.690 bits per heavy atom. The third-order valence-electron chi connectivity index (χ3n) is 4.75. The average molecular weight is 460 g/mol. The predicted molar refractivity (Wildman–Crippen MR) is 127 cm³/mol. The van der Waals surface area contributed by atoms with Gasteiger partial charge < -0.3 is 4.74 Å². The predicted octanol–water partition coefficient (Wildman–Crippen LogP) is 8.32. The summed E-state index contributed by atoms with van der Waals surface area (Å²) in [6.45, 7) is 0. The van der Waals surface area contributed by atoms with Gasteiger partial charge in [-0.05, 0) is 70.8 Å². The van der Waals surface area contributed by atoms with Crippen LogP contribution in [0.5, 0.6) is 0 Å². The Bertz CT molecular complexity index is 1070. The number of benzene rings is 3. The van der Waals surface area contributed by atoms with E-state index in [2.05, 4.69) is 12.2 Å². The maximum absolute atomic E-state index is 6.12. The van der Waals surface area contributed by atoms with Crippen LogP contribution in [0.1, 0.15) is 16.7 Å². The third-order valence-corrected chi connectivity index (χ3v) is 6.90. The van der Waals surface area contributed by atoms with Crippen molar-refractivity contribution in [3.63, 3.8) is 0 Å². The van der Waals surface area contributed by atoms with Crippen molar-refractivity contribution in [2.45, 2.75) is 4.93 Å². The van der Waals surface area contributed by atoms with Crippen molar-refractivity contribution >= 4 is 57.0 Å². The zero-order valence-electron chi connectivity index (χ0n) is 15.5. The molecule has 0 spiro atoms. The molecular formula is C24H17Cl3OS. The van der Waals surface area contributed by atoms with Crippen LogP contribution >= 0.6 is 46.6 Å². The van der Waals surface area contributed by atoms with Gasteiger partial charge in [-0.2, -0.15) is 0 Å². The summed E-state index contributed by atoms with van der Waals surface area (Å²) < 4.78 is 6.11. The molecule has 146 valence electrons. The number of hydrogen-bond acceptors (Lipinski definition) is 2. The zero-order chi connectivity index (χ0) is 20.4. The molecule has 1 atom stereocenters. The number of hydrogen-bond donors (Lipinski definition) is 0. The topological polar surface area (TPSA) is 9.23 Å². The Labute approximate surface area is 189 Å².